The highest BCUT2D eigenvalue weighted by atomic mass is 32.2. The molecule has 0 radical (unpaired) electrons. The lowest BCUT2D eigenvalue weighted by molar-refractivity contribution is 0.285. The van der Waals surface area contributed by atoms with Crippen molar-refractivity contribution in [3.8, 4) is 0 Å². The van der Waals surface area contributed by atoms with Crippen molar-refractivity contribution in [2.24, 2.45) is 5.92 Å². The van der Waals surface area contributed by atoms with Gasteiger partial charge in [0.15, 0.2) is 0 Å². The van der Waals surface area contributed by atoms with Gasteiger partial charge in [0.1, 0.15) is 0 Å². The minimum atomic E-state index is -3.39. The Morgan fingerprint density at radius 1 is 1.39 bits per heavy atom. The summed E-state index contributed by atoms with van der Waals surface area (Å²) < 4.78 is 26.5. The van der Waals surface area contributed by atoms with Crippen LogP contribution in [0.4, 0.5) is 0 Å². The summed E-state index contributed by atoms with van der Waals surface area (Å²) in [7, 11) is -3.39. The van der Waals surface area contributed by atoms with Crippen LogP contribution in [-0.4, -0.2) is 20.1 Å². The first-order chi connectivity index (χ1) is 8.62. The number of nitrogens with one attached hydrogen (secondary N) is 1. The molecule has 0 aliphatic heterocycles. The molecule has 0 aromatic carbocycles. The first kappa shape index (κ1) is 14.0. The maximum absolute atomic E-state index is 11.9. The number of hydrogen-bond donors (Lipinski definition) is 2. The number of hydrogen-bond acceptors (Lipinski definition) is 4. The van der Waals surface area contributed by atoms with Gasteiger partial charge in [-0.25, -0.2) is 13.1 Å². The van der Waals surface area contributed by atoms with Gasteiger partial charge < -0.3 is 5.11 Å². The van der Waals surface area contributed by atoms with E-state index in [0.717, 1.165) is 6.42 Å². The van der Waals surface area contributed by atoms with Crippen LogP contribution in [0.2, 0.25) is 0 Å². The summed E-state index contributed by atoms with van der Waals surface area (Å²) in [6.45, 7) is 0.402. The van der Waals surface area contributed by atoms with Gasteiger partial charge in [-0.2, -0.15) is 0 Å². The van der Waals surface area contributed by atoms with Crippen LogP contribution in [0.5, 0.6) is 0 Å². The summed E-state index contributed by atoms with van der Waals surface area (Å²) in [6.07, 6.45) is 5.95. The summed E-state index contributed by atoms with van der Waals surface area (Å²) in [4.78, 5) is 0.939. The molecule has 1 saturated carbocycles. The van der Waals surface area contributed by atoms with Crippen molar-refractivity contribution in [3.63, 3.8) is 0 Å². The largest absolute Gasteiger partial charge is 0.391 e. The first-order valence-electron chi connectivity index (χ1n) is 6.30. The lowest BCUT2D eigenvalue weighted by atomic mass is 10.1. The number of thiophene rings is 1. The van der Waals surface area contributed by atoms with Gasteiger partial charge in [0.05, 0.1) is 11.5 Å². The lowest BCUT2D eigenvalue weighted by Crippen LogP contribution is -2.25. The van der Waals surface area contributed by atoms with Gasteiger partial charge in [-0.05, 0) is 18.4 Å². The number of rotatable bonds is 6. The molecule has 1 heterocycles. The molecule has 1 aliphatic carbocycles. The van der Waals surface area contributed by atoms with Gasteiger partial charge in [-0.1, -0.05) is 25.7 Å². The van der Waals surface area contributed by atoms with Gasteiger partial charge in [0.25, 0.3) is 0 Å². The quantitative estimate of drug-likeness (QED) is 0.843. The van der Waals surface area contributed by atoms with E-state index in [-0.39, 0.29) is 11.5 Å². The Hall–Kier alpha value is -0.430. The summed E-state index contributed by atoms with van der Waals surface area (Å²) >= 11 is 1.27. The standard InChI is InChI=1S/C12H19NO3S2/c14-8-11-7-12(9-17-11)18(15,16)13-6-5-10-3-1-2-4-10/h7,9-10,13-14H,1-6,8H2. The number of aliphatic hydroxyl groups is 1. The van der Waals surface area contributed by atoms with E-state index in [1.54, 1.807) is 5.38 Å². The topological polar surface area (TPSA) is 66.4 Å². The second-order valence-electron chi connectivity index (χ2n) is 4.74. The van der Waals surface area contributed by atoms with E-state index in [1.165, 1.54) is 43.1 Å². The molecular weight excluding hydrogens is 270 g/mol. The van der Waals surface area contributed by atoms with E-state index >= 15 is 0 Å². The molecule has 2 rings (SSSR count). The highest BCUT2D eigenvalue weighted by Crippen LogP contribution is 2.27. The molecule has 4 nitrogen and oxygen atoms in total. The van der Waals surface area contributed by atoms with Gasteiger partial charge in [-0.15, -0.1) is 11.3 Å². The highest BCUT2D eigenvalue weighted by Gasteiger charge is 2.18. The fraction of sp³-hybridized carbons (Fsp3) is 0.667. The molecule has 0 bridgehead atoms. The molecule has 0 unspecified atom stereocenters. The Balaban J connectivity index is 1.86. The average Bonchev–Trinajstić information content (AvgIpc) is 2.99. The smallest absolute Gasteiger partial charge is 0.241 e. The van der Waals surface area contributed by atoms with Gasteiger partial charge in [0, 0.05) is 16.8 Å². The van der Waals surface area contributed by atoms with Crippen LogP contribution in [0.25, 0.3) is 0 Å². The molecule has 102 valence electrons. The summed E-state index contributed by atoms with van der Waals surface area (Å²) in [5.41, 5.74) is 0. The molecule has 2 N–H and O–H groups in total. The van der Waals surface area contributed by atoms with Crippen molar-refractivity contribution in [2.75, 3.05) is 6.54 Å². The molecule has 1 fully saturated rings. The van der Waals surface area contributed by atoms with Crippen LogP contribution in [0, 0.1) is 5.92 Å². The fourth-order valence-electron chi connectivity index (χ4n) is 2.36. The van der Waals surface area contributed by atoms with E-state index in [4.69, 9.17) is 5.11 Å². The lowest BCUT2D eigenvalue weighted by Gasteiger charge is -2.09. The molecule has 0 amide bonds. The zero-order chi connectivity index (χ0) is 13.0. The van der Waals surface area contributed by atoms with Crippen molar-refractivity contribution in [2.45, 2.75) is 43.6 Å². The molecule has 1 aromatic rings. The van der Waals surface area contributed by atoms with Crippen LogP contribution in [0.1, 0.15) is 37.0 Å². The maximum atomic E-state index is 11.9. The predicted molar refractivity (Wildman–Crippen MR) is 72.0 cm³/mol. The van der Waals surface area contributed by atoms with Crippen LogP contribution in [0.3, 0.4) is 0 Å². The van der Waals surface area contributed by atoms with Crippen LogP contribution < -0.4 is 4.72 Å². The van der Waals surface area contributed by atoms with Gasteiger partial charge in [-0.3, -0.25) is 0 Å². The Bertz CT molecular complexity index is 475. The molecule has 1 aliphatic rings. The van der Waals surface area contributed by atoms with Gasteiger partial charge in [0.2, 0.25) is 10.0 Å². The Kier molecular flexibility index (Phi) is 4.77. The second kappa shape index (κ2) is 6.14. The average molecular weight is 289 g/mol. The zero-order valence-corrected chi connectivity index (χ0v) is 11.9. The van der Waals surface area contributed by atoms with E-state index in [2.05, 4.69) is 4.72 Å². The molecular formula is C12H19NO3S2. The van der Waals surface area contributed by atoms with Crippen LogP contribution in [-0.2, 0) is 16.6 Å². The third-order valence-corrected chi connectivity index (χ3v) is 5.93. The summed E-state index contributed by atoms with van der Waals surface area (Å²) in [5, 5.41) is 10.5. The first-order valence-corrected chi connectivity index (χ1v) is 8.66. The van der Waals surface area contributed by atoms with E-state index in [1.807, 2.05) is 0 Å². The molecule has 0 saturated heterocycles. The SMILES string of the molecule is O=S(=O)(NCCC1CCCC1)c1csc(CO)c1. The van der Waals surface area contributed by atoms with E-state index < -0.39 is 10.0 Å². The van der Waals surface area contributed by atoms with Crippen LogP contribution >= 0.6 is 11.3 Å². The maximum Gasteiger partial charge on any atom is 0.241 e. The molecule has 0 atom stereocenters. The minimum Gasteiger partial charge on any atom is -0.391 e. The number of sulfonamides is 1. The fourth-order valence-corrected chi connectivity index (χ4v) is 4.55. The highest BCUT2D eigenvalue weighted by molar-refractivity contribution is 7.89. The van der Waals surface area contributed by atoms with Crippen molar-refractivity contribution >= 4 is 21.4 Å². The normalized spacial score (nSPS) is 17.4. The Morgan fingerprint density at radius 3 is 2.72 bits per heavy atom. The monoisotopic (exact) mass is 289 g/mol. The van der Waals surface area contributed by atoms with Crippen molar-refractivity contribution in [3.05, 3.63) is 16.3 Å². The summed E-state index contributed by atoms with van der Waals surface area (Å²) in [5.74, 6) is 0.683. The third kappa shape index (κ3) is 3.54. The molecule has 1 aromatic heterocycles. The minimum absolute atomic E-state index is 0.109. The zero-order valence-electron chi connectivity index (χ0n) is 10.3. The Labute approximate surface area is 112 Å². The molecule has 18 heavy (non-hydrogen) atoms. The molecule has 0 spiro atoms. The predicted octanol–water partition coefficient (Wildman–Crippen LogP) is 2.10. The van der Waals surface area contributed by atoms with E-state index in [9.17, 15) is 8.42 Å². The van der Waals surface area contributed by atoms with Gasteiger partial charge >= 0.3 is 0 Å². The van der Waals surface area contributed by atoms with E-state index in [0.29, 0.717) is 17.3 Å². The van der Waals surface area contributed by atoms with Crippen molar-refractivity contribution in [1.29, 1.82) is 0 Å². The van der Waals surface area contributed by atoms with Crippen LogP contribution in [0.15, 0.2) is 16.3 Å². The summed E-state index contributed by atoms with van der Waals surface area (Å²) in [6, 6.07) is 1.53. The Morgan fingerprint density at radius 2 is 2.11 bits per heavy atom. The second-order valence-corrected chi connectivity index (χ2v) is 7.51. The molecule has 6 heteroatoms. The van der Waals surface area contributed by atoms with Crippen molar-refractivity contribution in [1.82, 2.24) is 4.72 Å². The van der Waals surface area contributed by atoms with Crippen molar-refractivity contribution < 1.29 is 13.5 Å². The third-order valence-electron chi connectivity index (χ3n) is 3.42. The number of aliphatic hydroxyl groups excluding tert-OH is 1.